The van der Waals surface area contributed by atoms with Crippen molar-refractivity contribution in [2.75, 3.05) is 18.5 Å². The SMILES string of the molecule is N#Cc1c(NC(=O)c2ccc3c(c2)OCCCO3)sc2c1CCCC2. The van der Waals surface area contributed by atoms with E-state index in [0.717, 1.165) is 37.7 Å². The predicted molar refractivity (Wildman–Crippen MR) is 95.7 cm³/mol. The molecule has 0 unspecified atom stereocenters. The molecule has 1 aromatic carbocycles. The minimum atomic E-state index is -0.231. The molecule has 0 saturated carbocycles. The Kier molecular flexibility index (Phi) is 4.33. The Hall–Kier alpha value is -2.52. The van der Waals surface area contributed by atoms with Gasteiger partial charge in [-0.2, -0.15) is 5.26 Å². The van der Waals surface area contributed by atoms with Gasteiger partial charge in [0.15, 0.2) is 11.5 Å². The summed E-state index contributed by atoms with van der Waals surface area (Å²) >= 11 is 1.53. The minimum Gasteiger partial charge on any atom is -0.490 e. The van der Waals surface area contributed by atoms with E-state index in [2.05, 4.69) is 11.4 Å². The van der Waals surface area contributed by atoms with Gasteiger partial charge in [0.2, 0.25) is 0 Å². The molecule has 2 aliphatic rings. The highest BCUT2D eigenvalue weighted by molar-refractivity contribution is 7.16. The van der Waals surface area contributed by atoms with Crippen molar-refractivity contribution in [1.82, 2.24) is 0 Å². The first-order valence-corrected chi connectivity index (χ1v) is 9.33. The molecule has 25 heavy (non-hydrogen) atoms. The van der Waals surface area contributed by atoms with Crippen molar-refractivity contribution in [2.45, 2.75) is 32.1 Å². The number of nitrogens with one attached hydrogen (secondary N) is 1. The second-order valence-electron chi connectivity index (χ2n) is 6.19. The molecule has 4 rings (SSSR count). The zero-order valence-corrected chi connectivity index (χ0v) is 14.6. The number of rotatable bonds is 2. The number of hydrogen-bond donors (Lipinski definition) is 1. The lowest BCUT2D eigenvalue weighted by atomic mass is 9.96. The molecule has 0 radical (unpaired) electrons. The van der Waals surface area contributed by atoms with E-state index in [0.29, 0.717) is 40.8 Å². The van der Waals surface area contributed by atoms with Gasteiger partial charge >= 0.3 is 0 Å². The van der Waals surface area contributed by atoms with Crippen molar-refractivity contribution >= 4 is 22.2 Å². The highest BCUT2D eigenvalue weighted by Gasteiger charge is 2.22. The largest absolute Gasteiger partial charge is 0.490 e. The molecule has 6 heteroatoms. The van der Waals surface area contributed by atoms with E-state index < -0.39 is 0 Å². The van der Waals surface area contributed by atoms with Gasteiger partial charge in [0.05, 0.1) is 18.8 Å². The number of ether oxygens (including phenoxy) is 2. The minimum absolute atomic E-state index is 0.231. The van der Waals surface area contributed by atoms with Gasteiger partial charge in [-0.1, -0.05) is 0 Å². The highest BCUT2D eigenvalue weighted by Crippen LogP contribution is 2.38. The molecule has 1 aliphatic carbocycles. The Morgan fingerprint density at radius 2 is 1.92 bits per heavy atom. The molecule has 0 bridgehead atoms. The summed E-state index contributed by atoms with van der Waals surface area (Å²) in [4.78, 5) is 13.9. The molecule has 0 atom stereocenters. The Labute approximate surface area is 150 Å². The molecule has 0 fully saturated rings. The van der Waals surface area contributed by atoms with Crippen LogP contribution in [0.15, 0.2) is 18.2 Å². The molecule has 128 valence electrons. The standard InChI is InChI=1S/C19H18N2O3S/c20-11-14-13-4-1-2-5-17(13)25-19(14)21-18(22)12-6-7-15-16(10-12)24-9-3-8-23-15/h6-7,10H,1-5,8-9H2,(H,21,22). The van der Waals surface area contributed by atoms with Gasteiger partial charge in [0, 0.05) is 16.9 Å². The lowest BCUT2D eigenvalue weighted by Gasteiger charge is -2.10. The van der Waals surface area contributed by atoms with Gasteiger partial charge in [0.25, 0.3) is 5.91 Å². The molecule has 0 spiro atoms. The number of amides is 1. The predicted octanol–water partition coefficient (Wildman–Crippen LogP) is 3.91. The number of benzene rings is 1. The maximum Gasteiger partial charge on any atom is 0.256 e. The lowest BCUT2D eigenvalue weighted by molar-refractivity contribution is 0.102. The third-order valence-corrected chi connectivity index (χ3v) is 5.73. The maximum absolute atomic E-state index is 12.7. The third-order valence-electron chi connectivity index (χ3n) is 4.52. The van der Waals surface area contributed by atoms with Crippen LogP contribution < -0.4 is 14.8 Å². The molecule has 1 N–H and O–H groups in total. The topological polar surface area (TPSA) is 71.4 Å². The van der Waals surface area contributed by atoms with Crippen LogP contribution >= 0.6 is 11.3 Å². The van der Waals surface area contributed by atoms with Gasteiger partial charge in [-0.05, 0) is 49.4 Å². The second kappa shape index (κ2) is 6.77. The van der Waals surface area contributed by atoms with Gasteiger partial charge in [0.1, 0.15) is 11.1 Å². The third kappa shape index (κ3) is 3.08. The Bertz CT molecular complexity index is 866. The van der Waals surface area contributed by atoms with E-state index in [1.54, 1.807) is 18.2 Å². The molecule has 2 aromatic rings. The first-order chi connectivity index (χ1) is 12.3. The Morgan fingerprint density at radius 1 is 1.12 bits per heavy atom. The second-order valence-corrected chi connectivity index (χ2v) is 7.30. The zero-order chi connectivity index (χ0) is 17.2. The van der Waals surface area contributed by atoms with Crippen molar-refractivity contribution in [3.8, 4) is 17.6 Å². The number of hydrogen-bond acceptors (Lipinski definition) is 5. The molecule has 0 saturated heterocycles. The summed E-state index contributed by atoms with van der Waals surface area (Å²) in [6.07, 6.45) is 4.99. The first-order valence-electron chi connectivity index (χ1n) is 8.52. The Morgan fingerprint density at radius 3 is 2.76 bits per heavy atom. The average molecular weight is 354 g/mol. The average Bonchev–Trinajstić information content (AvgIpc) is 2.81. The van der Waals surface area contributed by atoms with Crippen molar-refractivity contribution in [1.29, 1.82) is 5.26 Å². The van der Waals surface area contributed by atoms with Crippen LogP contribution in [0.25, 0.3) is 0 Å². The number of fused-ring (bicyclic) bond motifs is 2. The molecular formula is C19H18N2O3S. The summed E-state index contributed by atoms with van der Waals surface area (Å²) in [5.74, 6) is 1.03. The van der Waals surface area contributed by atoms with E-state index in [-0.39, 0.29) is 5.91 Å². The Balaban J connectivity index is 1.60. The van der Waals surface area contributed by atoms with Crippen LogP contribution in [0.5, 0.6) is 11.5 Å². The first kappa shape index (κ1) is 16.0. The van der Waals surface area contributed by atoms with Gasteiger partial charge in [-0.15, -0.1) is 11.3 Å². The molecular weight excluding hydrogens is 336 g/mol. The summed E-state index contributed by atoms with van der Waals surface area (Å²) in [5, 5.41) is 13.1. The fourth-order valence-electron chi connectivity index (χ4n) is 3.25. The smallest absolute Gasteiger partial charge is 0.256 e. The van der Waals surface area contributed by atoms with Crippen molar-refractivity contribution in [2.24, 2.45) is 0 Å². The van der Waals surface area contributed by atoms with Crippen molar-refractivity contribution in [3.63, 3.8) is 0 Å². The fourth-order valence-corrected chi connectivity index (χ4v) is 4.49. The summed E-state index contributed by atoms with van der Waals surface area (Å²) < 4.78 is 11.2. The summed E-state index contributed by atoms with van der Waals surface area (Å²) in [6, 6.07) is 7.46. The summed E-state index contributed by atoms with van der Waals surface area (Å²) in [6.45, 7) is 1.19. The van der Waals surface area contributed by atoms with Crippen LogP contribution in [0, 0.1) is 11.3 Å². The number of nitrogens with zero attached hydrogens (tertiary/aromatic N) is 1. The summed E-state index contributed by atoms with van der Waals surface area (Å²) in [5.41, 5.74) is 2.25. The van der Waals surface area contributed by atoms with Crippen LogP contribution in [0.1, 0.15) is 45.6 Å². The monoisotopic (exact) mass is 354 g/mol. The lowest BCUT2D eigenvalue weighted by Crippen LogP contribution is -2.12. The number of anilines is 1. The number of nitriles is 1. The van der Waals surface area contributed by atoms with Crippen LogP contribution in [-0.4, -0.2) is 19.1 Å². The van der Waals surface area contributed by atoms with E-state index in [4.69, 9.17) is 9.47 Å². The number of thiophene rings is 1. The van der Waals surface area contributed by atoms with Crippen molar-refractivity contribution < 1.29 is 14.3 Å². The molecule has 1 aromatic heterocycles. The van der Waals surface area contributed by atoms with E-state index in [9.17, 15) is 10.1 Å². The fraction of sp³-hybridized carbons (Fsp3) is 0.368. The van der Waals surface area contributed by atoms with Gasteiger partial charge < -0.3 is 14.8 Å². The molecule has 1 aliphatic heterocycles. The number of aryl methyl sites for hydroxylation is 1. The van der Waals surface area contributed by atoms with Crippen molar-refractivity contribution in [3.05, 3.63) is 39.8 Å². The van der Waals surface area contributed by atoms with E-state index >= 15 is 0 Å². The van der Waals surface area contributed by atoms with Gasteiger partial charge in [-0.3, -0.25) is 4.79 Å². The molecule has 1 amide bonds. The van der Waals surface area contributed by atoms with Crippen LogP contribution in [0.3, 0.4) is 0 Å². The number of carbonyl (C=O) groups excluding carboxylic acids is 1. The summed E-state index contributed by atoms with van der Waals surface area (Å²) in [7, 11) is 0. The number of carbonyl (C=O) groups is 1. The molecule has 5 nitrogen and oxygen atoms in total. The van der Waals surface area contributed by atoms with E-state index in [1.165, 1.54) is 16.2 Å². The van der Waals surface area contributed by atoms with Gasteiger partial charge in [-0.25, -0.2) is 0 Å². The van der Waals surface area contributed by atoms with Crippen LogP contribution in [-0.2, 0) is 12.8 Å². The molecule has 2 heterocycles. The normalized spacial score (nSPS) is 15.6. The highest BCUT2D eigenvalue weighted by atomic mass is 32.1. The van der Waals surface area contributed by atoms with Crippen LogP contribution in [0.2, 0.25) is 0 Å². The van der Waals surface area contributed by atoms with E-state index in [1.807, 2.05) is 0 Å². The zero-order valence-electron chi connectivity index (χ0n) is 13.8. The maximum atomic E-state index is 12.7. The quantitative estimate of drug-likeness (QED) is 0.887. The van der Waals surface area contributed by atoms with Crippen LogP contribution in [0.4, 0.5) is 5.00 Å².